The minimum atomic E-state index is 0.428. The van der Waals surface area contributed by atoms with Crippen molar-refractivity contribution in [3.05, 3.63) is 34.9 Å². The monoisotopic (exact) mass is 294 g/mol. The number of nitrogens with zero attached hydrogens (tertiary/aromatic N) is 1. The van der Waals surface area contributed by atoms with Gasteiger partial charge in [-0.1, -0.05) is 50.1 Å². The van der Waals surface area contributed by atoms with Gasteiger partial charge in [0.2, 0.25) is 0 Å². The quantitative estimate of drug-likeness (QED) is 0.899. The SMILES string of the molecule is CC(C)NCC1CCCCN(C)C1c1ccccc1Cl. The Morgan fingerprint density at radius 3 is 2.75 bits per heavy atom. The Bertz CT molecular complexity index is 419. The number of likely N-dealkylation sites (tertiary alicyclic amines) is 1. The summed E-state index contributed by atoms with van der Waals surface area (Å²) in [6.45, 7) is 6.65. The molecule has 1 N–H and O–H groups in total. The van der Waals surface area contributed by atoms with E-state index in [2.05, 4.69) is 43.2 Å². The molecular formula is C17H27ClN2. The van der Waals surface area contributed by atoms with Gasteiger partial charge < -0.3 is 5.32 Å². The number of hydrogen-bond acceptors (Lipinski definition) is 2. The Morgan fingerprint density at radius 2 is 2.05 bits per heavy atom. The van der Waals surface area contributed by atoms with Gasteiger partial charge in [0.05, 0.1) is 0 Å². The van der Waals surface area contributed by atoms with E-state index in [0.29, 0.717) is 18.0 Å². The van der Waals surface area contributed by atoms with Crippen molar-refractivity contribution >= 4 is 11.6 Å². The average molecular weight is 295 g/mol. The van der Waals surface area contributed by atoms with Crippen LogP contribution in [0.2, 0.25) is 5.02 Å². The maximum atomic E-state index is 6.46. The molecule has 1 heterocycles. The minimum Gasteiger partial charge on any atom is -0.314 e. The lowest BCUT2D eigenvalue weighted by molar-refractivity contribution is 0.187. The van der Waals surface area contributed by atoms with Crippen LogP contribution in [-0.2, 0) is 0 Å². The van der Waals surface area contributed by atoms with E-state index < -0.39 is 0 Å². The molecule has 0 aliphatic carbocycles. The summed E-state index contributed by atoms with van der Waals surface area (Å²) in [7, 11) is 2.24. The molecule has 2 atom stereocenters. The van der Waals surface area contributed by atoms with Crippen LogP contribution in [-0.4, -0.2) is 31.1 Å². The van der Waals surface area contributed by atoms with Crippen LogP contribution >= 0.6 is 11.6 Å². The summed E-state index contributed by atoms with van der Waals surface area (Å²) in [4.78, 5) is 2.49. The molecule has 0 saturated carbocycles. The topological polar surface area (TPSA) is 15.3 Å². The lowest BCUT2D eigenvalue weighted by Crippen LogP contribution is -2.37. The maximum Gasteiger partial charge on any atom is 0.0453 e. The molecule has 2 rings (SSSR count). The Hall–Kier alpha value is -0.570. The molecule has 1 saturated heterocycles. The van der Waals surface area contributed by atoms with Crippen molar-refractivity contribution in [2.24, 2.45) is 5.92 Å². The molecule has 0 aromatic heterocycles. The molecule has 1 aromatic carbocycles. The van der Waals surface area contributed by atoms with Crippen molar-refractivity contribution in [3.8, 4) is 0 Å². The van der Waals surface area contributed by atoms with Crippen LogP contribution in [0.4, 0.5) is 0 Å². The third-order valence-corrected chi connectivity index (χ3v) is 4.61. The summed E-state index contributed by atoms with van der Waals surface area (Å²) in [5.41, 5.74) is 1.29. The number of benzene rings is 1. The first-order valence-corrected chi connectivity index (χ1v) is 8.15. The standard InChI is InChI=1S/C17H27ClN2/c1-13(2)19-12-14-8-6-7-11-20(3)17(14)15-9-4-5-10-16(15)18/h4-5,9-10,13-14,17,19H,6-8,11-12H2,1-3H3. The maximum absolute atomic E-state index is 6.46. The fourth-order valence-corrected chi connectivity index (χ4v) is 3.48. The van der Waals surface area contributed by atoms with E-state index in [9.17, 15) is 0 Å². The molecule has 0 bridgehead atoms. The highest BCUT2D eigenvalue weighted by Gasteiger charge is 2.30. The van der Waals surface area contributed by atoms with E-state index in [4.69, 9.17) is 11.6 Å². The van der Waals surface area contributed by atoms with Crippen LogP contribution in [0.15, 0.2) is 24.3 Å². The molecule has 20 heavy (non-hydrogen) atoms. The molecule has 2 unspecified atom stereocenters. The van der Waals surface area contributed by atoms with Gasteiger partial charge in [-0.25, -0.2) is 0 Å². The van der Waals surface area contributed by atoms with E-state index in [0.717, 1.165) is 18.1 Å². The van der Waals surface area contributed by atoms with Crippen LogP contribution in [0.1, 0.15) is 44.7 Å². The van der Waals surface area contributed by atoms with Gasteiger partial charge in [-0.15, -0.1) is 0 Å². The number of nitrogens with one attached hydrogen (secondary N) is 1. The van der Waals surface area contributed by atoms with Crippen molar-refractivity contribution in [1.29, 1.82) is 0 Å². The first-order valence-electron chi connectivity index (χ1n) is 7.77. The second-order valence-electron chi connectivity index (χ2n) is 6.27. The van der Waals surface area contributed by atoms with Crippen molar-refractivity contribution in [2.75, 3.05) is 20.1 Å². The van der Waals surface area contributed by atoms with Crippen LogP contribution in [0.3, 0.4) is 0 Å². The van der Waals surface area contributed by atoms with Gasteiger partial charge in [0.25, 0.3) is 0 Å². The Labute approximate surface area is 128 Å². The fraction of sp³-hybridized carbons (Fsp3) is 0.647. The first kappa shape index (κ1) is 15.8. The molecule has 0 radical (unpaired) electrons. The molecule has 1 aliphatic rings. The molecule has 1 aliphatic heterocycles. The van der Waals surface area contributed by atoms with Crippen LogP contribution in [0.5, 0.6) is 0 Å². The van der Waals surface area contributed by atoms with Crippen LogP contribution < -0.4 is 5.32 Å². The minimum absolute atomic E-state index is 0.428. The predicted molar refractivity (Wildman–Crippen MR) is 87.3 cm³/mol. The van der Waals surface area contributed by atoms with E-state index in [1.54, 1.807) is 0 Å². The van der Waals surface area contributed by atoms with E-state index >= 15 is 0 Å². The van der Waals surface area contributed by atoms with Crippen LogP contribution in [0, 0.1) is 5.92 Å². The summed E-state index contributed by atoms with van der Waals surface area (Å²) < 4.78 is 0. The lowest BCUT2D eigenvalue weighted by atomic mass is 9.89. The van der Waals surface area contributed by atoms with Gasteiger partial charge in [0.15, 0.2) is 0 Å². The second-order valence-corrected chi connectivity index (χ2v) is 6.67. The Balaban J connectivity index is 2.24. The molecular weight excluding hydrogens is 268 g/mol. The molecule has 0 spiro atoms. The fourth-order valence-electron chi connectivity index (χ4n) is 3.23. The summed E-state index contributed by atoms with van der Waals surface area (Å²) in [5, 5.41) is 4.52. The smallest absolute Gasteiger partial charge is 0.0453 e. The van der Waals surface area contributed by atoms with E-state index in [1.165, 1.54) is 24.8 Å². The highest BCUT2D eigenvalue weighted by Crippen LogP contribution is 2.37. The zero-order valence-corrected chi connectivity index (χ0v) is 13.7. The number of halogens is 1. The largest absolute Gasteiger partial charge is 0.314 e. The molecule has 2 nitrogen and oxygen atoms in total. The summed E-state index contributed by atoms with van der Waals surface area (Å²) >= 11 is 6.46. The third kappa shape index (κ3) is 3.97. The molecule has 1 aromatic rings. The predicted octanol–water partition coefficient (Wildman–Crippen LogP) is 4.11. The van der Waals surface area contributed by atoms with Crippen molar-refractivity contribution in [2.45, 2.75) is 45.2 Å². The van der Waals surface area contributed by atoms with Gasteiger partial charge in [0, 0.05) is 23.7 Å². The Kier molecular flexibility index (Phi) is 5.88. The second kappa shape index (κ2) is 7.44. The van der Waals surface area contributed by atoms with Gasteiger partial charge >= 0.3 is 0 Å². The first-order chi connectivity index (χ1) is 9.59. The molecule has 112 valence electrons. The number of rotatable bonds is 4. The van der Waals surface area contributed by atoms with Gasteiger partial charge in [-0.3, -0.25) is 4.90 Å². The van der Waals surface area contributed by atoms with Crippen molar-refractivity contribution < 1.29 is 0 Å². The normalized spacial score (nSPS) is 24.9. The van der Waals surface area contributed by atoms with Gasteiger partial charge in [-0.2, -0.15) is 0 Å². The molecule has 3 heteroatoms. The number of hydrogen-bond donors (Lipinski definition) is 1. The lowest BCUT2D eigenvalue weighted by Gasteiger charge is -2.34. The average Bonchev–Trinajstić information content (AvgIpc) is 2.59. The van der Waals surface area contributed by atoms with E-state index in [-0.39, 0.29) is 0 Å². The highest BCUT2D eigenvalue weighted by molar-refractivity contribution is 6.31. The van der Waals surface area contributed by atoms with Crippen molar-refractivity contribution in [1.82, 2.24) is 10.2 Å². The zero-order valence-electron chi connectivity index (χ0n) is 12.9. The summed E-state index contributed by atoms with van der Waals surface area (Å²) in [5.74, 6) is 0.629. The molecule has 1 fully saturated rings. The van der Waals surface area contributed by atoms with Crippen LogP contribution in [0.25, 0.3) is 0 Å². The zero-order chi connectivity index (χ0) is 14.5. The summed E-state index contributed by atoms with van der Waals surface area (Å²) in [6, 6.07) is 9.30. The van der Waals surface area contributed by atoms with Crippen molar-refractivity contribution in [3.63, 3.8) is 0 Å². The Morgan fingerprint density at radius 1 is 1.30 bits per heavy atom. The third-order valence-electron chi connectivity index (χ3n) is 4.27. The highest BCUT2D eigenvalue weighted by atomic mass is 35.5. The van der Waals surface area contributed by atoms with Gasteiger partial charge in [0.1, 0.15) is 0 Å². The van der Waals surface area contributed by atoms with E-state index in [1.807, 2.05) is 12.1 Å². The van der Waals surface area contributed by atoms with Gasteiger partial charge in [-0.05, 0) is 44.0 Å². The summed E-state index contributed by atoms with van der Waals surface area (Å²) in [6.07, 6.45) is 3.88. The molecule has 0 amide bonds.